The molecule has 2 aromatic rings. The van der Waals surface area contributed by atoms with Gasteiger partial charge in [0.2, 0.25) is 5.91 Å². The molecule has 1 aliphatic rings. The van der Waals surface area contributed by atoms with Crippen LogP contribution in [-0.4, -0.2) is 35.0 Å². The number of rotatable bonds is 8. The van der Waals surface area contributed by atoms with Crippen molar-refractivity contribution in [3.63, 3.8) is 0 Å². The number of hydrogen-bond acceptors (Lipinski definition) is 4. The van der Waals surface area contributed by atoms with E-state index in [4.69, 9.17) is 4.52 Å². The molecule has 27 heavy (non-hydrogen) atoms. The number of hydrogen-bond donors (Lipinski definition) is 1. The first-order valence-electron chi connectivity index (χ1n) is 9.74. The monoisotopic (exact) mass is 369 g/mol. The van der Waals surface area contributed by atoms with Gasteiger partial charge in [-0.05, 0) is 31.7 Å². The zero-order valence-corrected chi connectivity index (χ0v) is 15.8. The van der Waals surface area contributed by atoms with E-state index in [1.165, 1.54) is 5.56 Å². The zero-order valence-electron chi connectivity index (χ0n) is 15.8. The van der Waals surface area contributed by atoms with Crippen molar-refractivity contribution in [2.24, 2.45) is 5.92 Å². The van der Waals surface area contributed by atoms with Gasteiger partial charge in [-0.25, -0.2) is 0 Å². The second-order valence-corrected chi connectivity index (χ2v) is 7.01. The predicted molar refractivity (Wildman–Crippen MR) is 102 cm³/mol. The Bertz CT molecular complexity index is 751. The molecule has 1 aromatic carbocycles. The maximum atomic E-state index is 13.0. The van der Waals surface area contributed by atoms with Gasteiger partial charge in [-0.15, -0.1) is 0 Å². The van der Waals surface area contributed by atoms with Gasteiger partial charge in [0, 0.05) is 25.1 Å². The van der Waals surface area contributed by atoms with Crippen molar-refractivity contribution in [3.05, 3.63) is 53.4 Å². The van der Waals surface area contributed by atoms with E-state index in [2.05, 4.69) is 22.6 Å². The molecule has 1 heterocycles. The summed E-state index contributed by atoms with van der Waals surface area (Å²) in [6.45, 7) is 3.35. The third-order valence-corrected chi connectivity index (χ3v) is 5.00. The van der Waals surface area contributed by atoms with E-state index in [9.17, 15) is 9.59 Å². The molecule has 6 heteroatoms. The van der Waals surface area contributed by atoms with Gasteiger partial charge in [0.1, 0.15) is 0 Å². The van der Waals surface area contributed by atoms with Crippen LogP contribution in [0.3, 0.4) is 0 Å². The highest BCUT2D eigenvalue weighted by atomic mass is 16.5. The van der Waals surface area contributed by atoms with Crippen LogP contribution >= 0.6 is 0 Å². The van der Waals surface area contributed by atoms with Gasteiger partial charge >= 0.3 is 0 Å². The number of nitrogens with one attached hydrogen (secondary N) is 1. The van der Waals surface area contributed by atoms with Gasteiger partial charge in [0.25, 0.3) is 5.91 Å². The van der Waals surface area contributed by atoms with E-state index in [1.807, 2.05) is 30.0 Å². The van der Waals surface area contributed by atoms with Crippen LogP contribution in [0.2, 0.25) is 0 Å². The fourth-order valence-corrected chi connectivity index (χ4v) is 3.54. The molecular formula is C21H27N3O3. The van der Waals surface area contributed by atoms with E-state index >= 15 is 0 Å². The van der Waals surface area contributed by atoms with Crippen molar-refractivity contribution in [3.8, 4) is 0 Å². The zero-order chi connectivity index (χ0) is 19.1. The van der Waals surface area contributed by atoms with Crippen LogP contribution in [0.4, 0.5) is 0 Å². The first kappa shape index (κ1) is 19.1. The van der Waals surface area contributed by atoms with E-state index in [-0.39, 0.29) is 23.4 Å². The van der Waals surface area contributed by atoms with Crippen LogP contribution in [0.25, 0.3) is 0 Å². The molecule has 1 fully saturated rings. The molecule has 2 amide bonds. The molecule has 3 rings (SSSR count). The number of amides is 2. The second-order valence-electron chi connectivity index (χ2n) is 7.01. The maximum absolute atomic E-state index is 13.0. The van der Waals surface area contributed by atoms with Gasteiger partial charge in [0.05, 0.1) is 6.54 Å². The quantitative estimate of drug-likeness (QED) is 0.775. The van der Waals surface area contributed by atoms with Crippen LogP contribution in [-0.2, 0) is 17.8 Å². The van der Waals surface area contributed by atoms with Crippen LogP contribution in [0.1, 0.15) is 54.4 Å². The fourth-order valence-electron chi connectivity index (χ4n) is 3.54. The summed E-state index contributed by atoms with van der Waals surface area (Å²) in [5.41, 5.74) is 1.45. The molecule has 6 nitrogen and oxygen atoms in total. The highest BCUT2D eigenvalue weighted by molar-refractivity contribution is 5.92. The van der Waals surface area contributed by atoms with Crippen LogP contribution in [0, 0.1) is 5.92 Å². The highest BCUT2D eigenvalue weighted by Crippen LogP contribution is 2.27. The van der Waals surface area contributed by atoms with Crippen molar-refractivity contribution in [2.75, 3.05) is 13.1 Å². The Labute approximate surface area is 159 Å². The van der Waals surface area contributed by atoms with E-state index < -0.39 is 0 Å². The molecular weight excluding hydrogens is 342 g/mol. The maximum Gasteiger partial charge on any atom is 0.273 e. The molecule has 1 aromatic heterocycles. The van der Waals surface area contributed by atoms with E-state index in [0.717, 1.165) is 32.1 Å². The summed E-state index contributed by atoms with van der Waals surface area (Å²) < 4.78 is 5.32. The Morgan fingerprint density at radius 3 is 2.67 bits per heavy atom. The van der Waals surface area contributed by atoms with Gasteiger partial charge < -0.3 is 14.7 Å². The standard InChI is InChI=1S/C21H27N3O3/c1-2-22-20(25)19-14-18(27-23-19)15-24(21(26)17-10-6-7-11-17)13-12-16-8-4-3-5-9-16/h3-5,8-9,14,17H,2,6-7,10-13,15H2,1H3,(H,22,25). The minimum Gasteiger partial charge on any atom is -0.359 e. The molecule has 1 N–H and O–H groups in total. The molecule has 1 aliphatic carbocycles. The Balaban J connectivity index is 1.69. The summed E-state index contributed by atoms with van der Waals surface area (Å²) >= 11 is 0. The Morgan fingerprint density at radius 2 is 1.96 bits per heavy atom. The van der Waals surface area contributed by atoms with Crippen molar-refractivity contribution < 1.29 is 14.1 Å². The number of nitrogens with zero attached hydrogens (tertiary/aromatic N) is 2. The molecule has 0 aliphatic heterocycles. The summed E-state index contributed by atoms with van der Waals surface area (Å²) in [6.07, 6.45) is 4.94. The lowest BCUT2D eigenvalue weighted by Crippen LogP contribution is -2.36. The Hall–Kier alpha value is -2.63. The van der Waals surface area contributed by atoms with Gasteiger partial charge in [-0.2, -0.15) is 0 Å². The molecule has 0 atom stereocenters. The third-order valence-electron chi connectivity index (χ3n) is 5.00. The lowest BCUT2D eigenvalue weighted by atomic mass is 10.1. The third kappa shape index (κ3) is 5.18. The van der Waals surface area contributed by atoms with Crippen molar-refractivity contribution >= 4 is 11.8 Å². The minimum atomic E-state index is -0.259. The predicted octanol–water partition coefficient (Wildman–Crippen LogP) is 3.19. The Kier molecular flexibility index (Phi) is 6.63. The average molecular weight is 369 g/mol. The summed E-state index contributed by atoms with van der Waals surface area (Å²) in [5, 5.41) is 6.54. The lowest BCUT2D eigenvalue weighted by molar-refractivity contribution is -0.136. The summed E-state index contributed by atoms with van der Waals surface area (Å²) in [5.74, 6) is 0.562. The minimum absolute atomic E-state index is 0.103. The SMILES string of the molecule is CCNC(=O)c1cc(CN(CCc2ccccc2)C(=O)C2CCCC2)on1. The van der Waals surface area contributed by atoms with Crippen LogP contribution in [0.5, 0.6) is 0 Å². The van der Waals surface area contributed by atoms with Crippen molar-refractivity contribution in [2.45, 2.75) is 45.6 Å². The highest BCUT2D eigenvalue weighted by Gasteiger charge is 2.28. The van der Waals surface area contributed by atoms with E-state index in [0.29, 0.717) is 25.4 Å². The smallest absolute Gasteiger partial charge is 0.273 e. The topological polar surface area (TPSA) is 75.4 Å². The van der Waals surface area contributed by atoms with Crippen molar-refractivity contribution in [1.29, 1.82) is 0 Å². The molecule has 0 unspecified atom stereocenters. The summed E-state index contributed by atoms with van der Waals surface area (Å²) in [4.78, 5) is 26.7. The molecule has 144 valence electrons. The van der Waals surface area contributed by atoms with Gasteiger partial charge in [-0.3, -0.25) is 9.59 Å². The second kappa shape index (κ2) is 9.35. The van der Waals surface area contributed by atoms with Crippen LogP contribution in [0.15, 0.2) is 40.9 Å². The molecule has 1 saturated carbocycles. The van der Waals surface area contributed by atoms with Crippen molar-refractivity contribution in [1.82, 2.24) is 15.4 Å². The molecule has 0 bridgehead atoms. The molecule has 0 radical (unpaired) electrons. The number of benzene rings is 1. The van der Waals surface area contributed by atoms with E-state index in [1.54, 1.807) is 6.07 Å². The first-order chi connectivity index (χ1) is 13.2. The van der Waals surface area contributed by atoms with Crippen LogP contribution < -0.4 is 5.32 Å². The average Bonchev–Trinajstić information content (AvgIpc) is 3.38. The lowest BCUT2D eigenvalue weighted by Gasteiger charge is -2.24. The number of aromatic nitrogens is 1. The normalized spacial score (nSPS) is 14.3. The van der Waals surface area contributed by atoms with Gasteiger partial charge in [0.15, 0.2) is 11.5 Å². The molecule has 0 saturated heterocycles. The molecule has 0 spiro atoms. The van der Waals surface area contributed by atoms with Gasteiger partial charge in [-0.1, -0.05) is 48.3 Å². The number of carbonyl (C=O) groups excluding carboxylic acids is 2. The largest absolute Gasteiger partial charge is 0.359 e. The summed E-state index contributed by atoms with van der Waals surface area (Å²) in [6, 6.07) is 11.8. The number of carbonyl (C=O) groups is 2. The Morgan fingerprint density at radius 1 is 1.22 bits per heavy atom. The fraction of sp³-hybridized carbons (Fsp3) is 0.476. The first-order valence-corrected chi connectivity index (χ1v) is 9.74. The summed E-state index contributed by atoms with van der Waals surface area (Å²) in [7, 11) is 0.